The summed E-state index contributed by atoms with van der Waals surface area (Å²) < 4.78 is 2.10. The third kappa shape index (κ3) is 1.94. The molecule has 1 aliphatic heterocycles. The molecule has 2 heterocycles. The first-order valence-corrected chi connectivity index (χ1v) is 7.32. The molecular formula is C17H16N4O. The van der Waals surface area contributed by atoms with Crippen LogP contribution in [0.4, 0.5) is 5.69 Å². The molecule has 0 saturated carbocycles. The fourth-order valence-electron chi connectivity index (χ4n) is 2.82. The van der Waals surface area contributed by atoms with E-state index in [2.05, 4.69) is 39.1 Å². The van der Waals surface area contributed by atoms with Crippen LogP contribution in [0.25, 0.3) is 17.1 Å². The van der Waals surface area contributed by atoms with E-state index in [1.807, 2.05) is 24.3 Å². The molecule has 4 rings (SSSR count). The Hall–Kier alpha value is -2.82. The van der Waals surface area contributed by atoms with Crippen molar-refractivity contribution >= 4 is 5.69 Å². The maximum Gasteiger partial charge on any atom is 0.168 e. The molecule has 0 amide bonds. The van der Waals surface area contributed by atoms with E-state index >= 15 is 0 Å². The lowest BCUT2D eigenvalue weighted by molar-refractivity contribution is 0.475. The molecule has 110 valence electrons. The highest BCUT2D eigenvalue weighted by atomic mass is 16.3. The predicted octanol–water partition coefficient (Wildman–Crippen LogP) is 3.17. The number of phenols is 1. The summed E-state index contributed by atoms with van der Waals surface area (Å²) >= 11 is 0. The van der Waals surface area contributed by atoms with E-state index in [1.165, 1.54) is 0 Å². The standard InChI is InChI=1S/C17H16N4O/c1-11-10-18-14-4-2-3-5-15(14)21-16(11)19-20-17(21)12-6-8-13(22)9-7-12/h2-9,11,18,22H,10H2,1H3. The van der Waals surface area contributed by atoms with Gasteiger partial charge in [-0.3, -0.25) is 4.57 Å². The van der Waals surface area contributed by atoms with Gasteiger partial charge in [-0.15, -0.1) is 10.2 Å². The summed E-state index contributed by atoms with van der Waals surface area (Å²) in [7, 11) is 0. The Bertz CT molecular complexity index is 823. The van der Waals surface area contributed by atoms with Gasteiger partial charge in [0.25, 0.3) is 0 Å². The molecule has 0 aliphatic carbocycles. The molecule has 5 heteroatoms. The average molecular weight is 292 g/mol. The van der Waals surface area contributed by atoms with Gasteiger partial charge in [0.1, 0.15) is 11.6 Å². The lowest BCUT2D eigenvalue weighted by Crippen LogP contribution is -2.09. The molecule has 2 N–H and O–H groups in total. The van der Waals surface area contributed by atoms with Crippen LogP contribution < -0.4 is 5.32 Å². The number of anilines is 1. The Morgan fingerprint density at radius 3 is 2.68 bits per heavy atom. The van der Waals surface area contributed by atoms with Crippen LogP contribution in [0.3, 0.4) is 0 Å². The number of aromatic nitrogens is 3. The van der Waals surface area contributed by atoms with E-state index in [0.29, 0.717) is 0 Å². The Balaban J connectivity index is 1.97. The van der Waals surface area contributed by atoms with Crippen LogP contribution in [0.1, 0.15) is 18.7 Å². The molecule has 0 radical (unpaired) electrons. The lowest BCUT2D eigenvalue weighted by atomic mass is 10.1. The zero-order valence-electron chi connectivity index (χ0n) is 12.2. The Morgan fingerprint density at radius 1 is 1.09 bits per heavy atom. The van der Waals surface area contributed by atoms with Crippen molar-refractivity contribution in [3.63, 3.8) is 0 Å². The molecule has 0 bridgehead atoms. The lowest BCUT2D eigenvalue weighted by Gasteiger charge is -2.12. The second-order valence-electron chi connectivity index (χ2n) is 5.56. The largest absolute Gasteiger partial charge is 0.508 e. The molecule has 0 spiro atoms. The summed E-state index contributed by atoms with van der Waals surface area (Å²) in [5.74, 6) is 2.24. The molecule has 3 aromatic rings. The van der Waals surface area contributed by atoms with Gasteiger partial charge in [0.2, 0.25) is 0 Å². The highest BCUT2D eigenvalue weighted by Crippen LogP contribution is 2.33. The normalized spacial score (nSPS) is 16.3. The fraction of sp³-hybridized carbons (Fsp3) is 0.176. The van der Waals surface area contributed by atoms with Crippen molar-refractivity contribution in [3.05, 3.63) is 54.4 Å². The Morgan fingerprint density at radius 2 is 1.86 bits per heavy atom. The quantitative estimate of drug-likeness (QED) is 0.723. The molecule has 1 unspecified atom stereocenters. The van der Waals surface area contributed by atoms with Gasteiger partial charge in [0.15, 0.2) is 5.82 Å². The van der Waals surface area contributed by atoms with Gasteiger partial charge in [-0.25, -0.2) is 0 Å². The number of benzene rings is 2. The highest BCUT2D eigenvalue weighted by molar-refractivity contribution is 5.68. The Labute approximate surface area is 128 Å². The van der Waals surface area contributed by atoms with Gasteiger partial charge in [-0.1, -0.05) is 19.1 Å². The number of hydrogen-bond acceptors (Lipinski definition) is 4. The van der Waals surface area contributed by atoms with Crippen molar-refractivity contribution in [1.82, 2.24) is 14.8 Å². The molecule has 0 fully saturated rings. The first-order chi connectivity index (χ1) is 10.7. The van der Waals surface area contributed by atoms with Gasteiger partial charge >= 0.3 is 0 Å². The maximum absolute atomic E-state index is 9.48. The van der Waals surface area contributed by atoms with Crippen LogP contribution >= 0.6 is 0 Å². The maximum atomic E-state index is 9.48. The summed E-state index contributed by atoms with van der Waals surface area (Å²) in [5.41, 5.74) is 3.06. The van der Waals surface area contributed by atoms with E-state index in [9.17, 15) is 5.11 Å². The smallest absolute Gasteiger partial charge is 0.168 e. The van der Waals surface area contributed by atoms with Crippen LogP contribution in [0.2, 0.25) is 0 Å². The van der Waals surface area contributed by atoms with Crippen LogP contribution in [-0.2, 0) is 0 Å². The zero-order chi connectivity index (χ0) is 15.1. The third-order valence-electron chi connectivity index (χ3n) is 4.00. The van der Waals surface area contributed by atoms with E-state index < -0.39 is 0 Å². The summed E-state index contributed by atoms with van der Waals surface area (Å²) in [5, 5.41) is 21.7. The number of rotatable bonds is 1. The number of fused-ring (bicyclic) bond motifs is 3. The summed E-state index contributed by atoms with van der Waals surface area (Å²) in [6.07, 6.45) is 0. The van der Waals surface area contributed by atoms with Crippen molar-refractivity contribution in [2.24, 2.45) is 0 Å². The van der Waals surface area contributed by atoms with Crippen LogP contribution in [0, 0.1) is 0 Å². The molecule has 2 aromatic carbocycles. The fourth-order valence-corrected chi connectivity index (χ4v) is 2.82. The van der Waals surface area contributed by atoms with Gasteiger partial charge in [0.05, 0.1) is 11.4 Å². The van der Waals surface area contributed by atoms with Crippen LogP contribution in [0.5, 0.6) is 5.75 Å². The highest BCUT2D eigenvalue weighted by Gasteiger charge is 2.24. The first kappa shape index (κ1) is 12.9. The van der Waals surface area contributed by atoms with Gasteiger partial charge in [0, 0.05) is 18.0 Å². The van der Waals surface area contributed by atoms with Crippen molar-refractivity contribution in [3.8, 4) is 22.8 Å². The third-order valence-corrected chi connectivity index (χ3v) is 4.00. The van der Waals surface area contributed by atoms with E-state index in [0.717, 1.165) is 35.1 Å². The molecular weight excluding hydrogens is 276 g/mol. The zero-order valence-corrected chi connectivity index (χ0v) is 12.2. The van der Waals surface area contributed by atoms with Crippen molar-refractivity contribution in [2.45, 2.75) is 12.8 Å². The number of nitrogens with zero attached hydrogens (tertiary/aromatic N) is 3. The molecule has 5 nitrogen and oxygen atoms in total. The minimum atomic E-state index is 0.245. The van der Waals surface area contributed by atoms with E-state index in [4.69, 9.17) is 0 Å². The van der Waals surface area contributed by atoms with Crippen molar-refractivity contribution in [2.75, 3.05) is 11.9 Å². The molecule has 0 saturated heterocycles. The number of phenolic OH excluding ortho intramolecular Hbond substituents is 1. The predicted molar refractivity (Wildman–Crippen MR) is 85.4 cm³/mol. The summed E-state index contributed by atoms with van der Waals surface area (Å²) in [4.78, 5) is 0. The van der Waals surface area contributed by atoms with E-state index in [1.54, 1.807) is 12.1 Å². The van der Waals surface area contributed by atoms with Crippen molar-refractivity contribution in [1.29, 1.82) is 0 Å². The van der Waals surface area contributed by atoms with Gasteiger partial charge < -0.3 is 10.4 Å². The van der Waals surface area contributed by atoms with Gasteiger partial charge in [-0.2, -0.15) is 0 Å². The topological polar surface area (TPSA) is 63.0 Å². The molecule has 1 aliphatic rings. The molecule has 1 atom stereocenters. The second kappa shape index (κ2) is 4.87. The number of para-hydroxylation sites is 2. The minimum Gasteiger partial charge on any atom is -0.508 e. The number of nitrogens with one attached hydrogen (secondary N) is 1. The SMILES string of the molecule is CC1CNc2ccccc2-n2c(-c3ccc(O)cc3)nnc21. The Kier molecular flexibility index (Phi) is 2.85. The number of hydrogen-bond donors (Lipinski definition) is 2. The van der Waals surface area contributed by atoms with Crippen molar-refractivity contribution < 1.29 is 5.11 Å². The first-order valence-electron chi connectivity index (χ1n) is 7.32. The van der Waals surface area contributed by atoms with Crippen LogP contribution in [0.15, 0.2) is 48.5 Å². The van der Waals surface area contributed by atoms with Gasteiger partial charge in [-0.05, 0) is 36.4 Å². The average Bonchev–Trinajstić information content (AvgIpc) is 2.93. The summed E-state index contributed by atoms with van der Waals surface area (Å²) in [6.45, 7) is 2.96. The second-order valence-corrected chi connectivity index (χ2v) is 5.56. The number of aromatic hydroxyl groups is 1. The minimum absolute atomic E-state index is 0.245. The monoisotopic (exact) mass is 292 g/mol. The van der Waals surface area contributed by atoms with Crippen LogP contribution in [-0.4, -0.2) is 26.4 Å². The molecule has 1 aromatic heterocycles. The molecule has 22 heavy (non-hydrogen) atoms. The van der Waals surface area contributed by atoms with E-state index in [-0.39, 0.29) is 11.7 Å². The summed E-state index contributed by atoms with van der Waals surface area (Å²) in [6, 6.07) is 15.2.